The van der Waals surface area contributed by atoms with E-state index in [1.165, 1.54) is 0 Å². The molecule has 2 saturated heterocycles. The van der Waals surface area contributed by atoms with Crippen LogP contribution < -0.4 is 4.74 Å². The Labute approximate surface area is 182 Å². The molecule has 0 aliphatic carbocycles. The molecule has 5 rings (SSSR count). The summed E-state index contributed by atoms with van der Waals surface area (Å²) >= 11 is 0. The molecule has 1 aromatic heterocycles. The number of hydrogen-bond acceptors (Lipinski definition) is 5. The number of fused-ring (bicyclic) bond motifs is 1. The molecule has 31 heavy (non-hydrogen) atoms. The normalized spacial score (nSPS) is 19.8. The van der Waals surface area contributed by atoms with E-state index in [0.717, 1.165) is 73.9 Å². The fourth-order valence-electron chi connectivity index (χ4n) is 4.50. The number of ether oxygens (including phenoxy) is 2. The number of hydrogen-bond donors (Lipinski definition) is 0. The Morgan fingerprint density at radius 1 is 1.10 bits per heavy atom. The molecular formula is C24H28N4O3. The molecule has 0 bridgehead atoms. The van der Waals surface area contributed by atoms with Crippen LogP contribution in [0.2, 0.25) is 0 Å². The van der Waals surface area contributed by atoms with E-state index in [4.69, 9.17) is 14.5 Å². The minimum Gasteiger partial charge on any atom is -0.497 e. The first-order valence-electron chi connectivity index (χ1n) is 11.0. The molecule has 3 heterocycles. The van der Waals surface area contributed by atoms with Crippen LogP contribution in [-0.2, 0) is 16.1 Å². The molecule has 3 aromatic rings. The van der Waals surface area contributed by atoms with E-state index in [1.54, 1.807) is 7.11 Å². The van der Waals surface area contributed by atoms with Crippen LogP contribution in [-0.4, -0.2) is 71.3 Å². The van der Waals surface area contributed by atoms with Gasteiger partial charge in [-0.1, -0.05) is 12.1 Å². The summed E-state index contributed by atoms with van der Waals surface area (Å²) in [6.45, 7) is 4.60. The summed E-state index contributed by atoms with van der Waals surface area (Å²) in [5.74, 6) is 2.00. The van der Waals surface area contributed by atoms with Crippen LogP contribution >= 0.6 is 0 Å². The van der Waals surface area contributed by atoms with Crippen molar-refractivity contribution in [2.24, 2.45) is 0 Å². The molecule has 0 unspecified atom stereocenters. The van der Waals surface area contributed by atoms with Crippen LogP contribution in [0.5, 0.6) is 5.75 Å². The molecule has 162 valence electrons. The smallest absolute Gasteiger partial charge is 0.251 e. The number of carbonyl (C=O) groups excluding carboxylic acids is 1. The van der Waals surface area contributed by atoms with Crippen LogP contribution in [0.3, 0.4) is 0 Å². The van der Waals surface area contributed by atoms with Crippen molar-refractivity contribution in [3.63, 3.8) is 0 Å². The second-order valence-corrected chi connectivity index (χ2v) is 8.15. The van der Waals surface area contributed by atoms with Crippen molar-refractivity contribution in [3.8, 4) is 11.4 Å². The number of methoxy groups -OCH3 is 1. The fourth-order valence-corrected chi connectivity index (χ4v) is 4.50. The van der Waals surface area contributed by atoms with Crippen molar-refractivity contribution >= 4 is 16.9 Å². The van der Waals surface area contributed by atoms with Crippen LogP contribution in [0.4, 0.5) is 0 Å². The van der Waals surface area contributed by atoms with Gasteiger partial charge in [0.15, 0.2) is 0 Å². The second-order valence-electron chi connectivity index (χ2n) is 8.15. The minimum atomic E-state index is -0.231. The van der Waals surface area contributed by atoms with Gasteiger partial charge in [0.2, 0.25) is 0 Å². The standard InChI is InChI=1S/C24H28N4O3/c1-30-19-10-8-18(9-11-19)28-21-6-3-2-5-20(21)25-23(28)17-26-12-14-27(15-13-26)24(29)22-7-4-16-31-22/h2-3,5-6,8-11,22H,4,7,12-17H2,1H3/t22-/m1/s1. The molecule has 2 aliphatic rings. The van der Waals surface area contributed by atoms with E-state index >= 15 is 0 Å². The summed E-state index contributed by atoms with van der Waals surface area (Å²) in [5.41, 5.74) is 3.15. The van der Waals surface area contributed by atoms with Crippen molar-refractivity contribution in [1.82, 2.24) is 19.4 Å². The van der Waals surface area contributed by atoms with Crippen molar-refractivity contribution in [3.05, 3.63) is 54.4 Å². The van der Waals surface area contributed by atoms with E-state index in [0.29, 0.717) is 6.61 Å². The molecule has 2 fully saturated rings. The largest absolute Gasteiger partial charge is 0.497 e. The van der Waals surface area contributed by atoms with E-state index in [9.17, 15) is 4.79 Å². The first-order chi connectivity index (χ1) is 15.2. The number of piperazine rings is 1. The number of para-hydroxylation sites is 2. The van der Waals surface area contributed by atoms with Gasteiger partial charge in [-0.05, 0) is 49.2 Å². The van der Waals surface area contributed by atoms with Crippen LogP contribution in [0, 0.1) is 0 Å². The summed E-state index contributed by atoms with van der Waals surface area (Å²) in [6, 6.07) is 16.3. The van der Waals surface area contributed by atoms with Crippen LogP contribution in [0.15, 0.2) is 48.5 Å². The third-order valence-electron chi connectivity index (χ3n) is 6.21. The second kappa shape index (κ2) is 8.69. The van der Waals surface area contributed by atoms with Crippen molar-refractivity contribution in [2.75, 3.05) is 39.9 Å². The van der Waals surface area contributed by atoms with Crippen LogP contribution in [0.25, 0.3) is 16.7 Å². The Balaban J connectivity index is 1.34. The lowest BCUT2D eigenvalue weighted by molar-refractivity contribution is -0.142. The van der Waals surface area contributed by atoms with E-state index < -0.39 is 0 Å². The topological polar surface area (TPSA) is 59.8 Å². The fraction of sp³-hybridized carbons (Fsp3) is 0.417. The SMILES string of the molecule is COc1ccc(-n2c(CN3CCN(C(=O)[C@H]4CCCO4)CC3)nc3ccccc32)cc1. The summed E-state index contributed by atoms with van der Waals surface area (Å²) in [6.07, 6.45) is 1.61. The lowest BCUT2D eigenvalue weighted by Crippen LogP contribution is -2.51. The molecule has 1 atom stereocenters. The number of carbonyl (C=O) groups is 1. The molecule has 2 aliphatic heterocycles. The van der Waals surface area contributed by atoms with Gasteiger partial charge in [-0.25, -0.2) is 4.98 Å². The van der Waals surface area contributed by atoms with Crippen molar-refractivity contribution in [1.29, 1.82) is 0 Å². The van der Waals surface area contributed by atoms with Gasteiger partial charge in [-0.2, -0.15) is 0 Å². The third kappa shape index (κ3) is 4.03. The predicted molar refractivity (Wildman–Crippen MR) is 118 cm³/mol. The molecule has 0 saturated carbocycles. The highest BCUT2D eigenvalue weighted by Gasteiger charge is 2.30. The lowest BCUT2D eigenvalue weighted by Gasteiger charge is -2.35. The number of rotatable bonds is 5. The monoisotopic (exact) mass is 420 g/mol. The molecule has 2 aromatic carbocycles. The summed E-state index contributed by atoms with van der Waals surface area (Å²) in [4.78, 5) is 21.9. The van der Waals surface area contributed by atoms with Gasteiger partial charge in [0.25, 0.3) is 5.91 Å². The summed E-state index contributed by atoms with van der Waals surface area (Å²) in [5, 5.41) is 0. The lowest BCUT2D eigenvalue weighted by atomic mass is 10.2. The number of imidazole rings is 1. The molecule has 0 spiro atoms. The van der Waals surface area contributed by atoms with Crippen molar-refractivity contribution < 1.29 is 14.3 Å². The Hall–Kier alpha value is -2.90. The number of nitrogens with zero attached hydrogens (tertiary/aromatic N) is 4. The predicted octanol–water partition coefficient (Wildman–Crippen LogP) is 2.86. The molecule has 0 N–H and O–H groups in total. The van der Waals surface area contributed by atoms with Crippen molar-refractivity contribution in [2.45, 2.75) is 25.5 Å². The zero-order valence-electron chi connectivity index (χ0n) is 17.9. The van der Waals surface area contributed by atoms with Gasteiger partial charge in [-0.3, -0.25) is 14.3 Å². The Bertz CT molecular complexity index is 1050. The van der Waals surface area contributed by atoms with E-state index in [2.05, 4.69) is 33.7 Å². The molecule has 7 heteroatoms. The third-order valence-corrected chi connectivity index (χ3v) is 6.21. The molecule has 0 radical (unpaired) electrons. The van der Waals surface area contributed by atoms with Gasteiger partial charge >= 0.3 is 0 Å². The summed E-state index contributed by atoms with van der Waals surface area (Å²) < 4.78 is 13.1. The minimum absolute atomic E-state index is 0.155. The average molecular weight is 421 g/mol. The maximum absolute atomic E-state index is 12.6. The van der Waals surface area contributed by atoms with Gasteiger partial charge < -0.3 is 14.4 Å². The number of benzene rings is 2. The highest BCUT2D eigenvalue weighted by Crippen LogP contribution is 2.25. The van der Waals surface area contributed by atoms with E-state index in [1.807, 2.05) is 29.2 Å². The highest BCUT2D eigenvalue weighted by molar-refractivity contribution is 5.81. The Kier molecular flexibility index (Phi) is 5.61. The maximum atomic E-state index is 12.6. The van der Waals surface area contributed by atoms with Crippen LogP contribution in [0.1, 0.15) is 18.7 Å². The number of aromatic nitrogens is 2. The first kappa shape index (κ1) is 20.0. The van der Waals surface area contributed by atoms with Gasteiger partial charge in [0, 0.05) is 38.5 Å². The maximum Gasteiger partial charge on any atom is 0.251 e. The average Bonchev–Trinajstić information content (AvgIpc) is 3.47. The highest BCUT2D eigenvalue weighted by atomic mass is 16.5. The quantitative estimate of drug-likeness (QED) is 0.635. The first-order valence-corrected chi connectivity index (χ1v) is 11.0. The van der Waals surface area contributed by atoms with Gasteiger partial charge in [-0.15, -0.1) is 0 Å². The van der Waals surface area contributed by atoms with Gasteiger partial charge in [0.05, 0.1) is 24.7 Å². The Morgan fingerprint density at radius 2 is 1.87 bits per heavy atom. The molecule has 7 nitrogen and oxygen atoms in total. The summed E-state index contributed by atoms with van der Waals surface area (Å²) in [7, 11) is 1.68. The van der Waals surface area contributed by atoms with Gasteiger partial charge in [0.1, 0.15) is 17.7 Å². The molecule has 1 amide bonds. The number of amides is 1. The zero-order chi connectivity index (χ0) is 21.2. The Morgan fingerprint density at radius 3 is 2.58 bits per heavy atom. The zero-order valence-corrected chi connectivity index (χ0v) is 17.9. The van der Waals surface area contributed by atoms with E-state index in [-0.39, 0.29) is 12.0 Å². The molecular weight excluding hydrogens is 392 g/mol.